The minimum absolute atomic E-state index is 0.00562. The lowest BCUT2D eigenvalue weighted by Crippen LogP contribution is -2.30. The van der Waals surface area contributed by atoms with Crippen LogP contribution in [0.25, 0.3) is 0 Å². The highest BCUT2D eigenvalue weighted by Crippen LogP contribution is 2.31. The smallest absolute Gasteiger partial charge is 0.239 e. The molecule has 0 unspecified atom stereocenters. The van der Waals surface area contributed by atoms with Crippen LogP contribution in [0.2, 0.25) is 0 Å². The Hall–Kier alpha value is -2.20. The quantitative estimate of drug-likeness (QED) is 0.234. The minimum Gasteiger partial charge on any atom is -0.493 e. The molecule has 0 saturated carbocycles. The molecule has 0 aromatic heterocycles. The number of sulfonamides is 1. The summed E-state index contributed by atoms with van der Waals surface area (Å²) < 4.78 is 30.8. The molecule has 41 heavy (non-hydrogen) atoms. The van der Waals surface area contributed by atoms with Gasteiger partial charge >= 0.3 is 0 Å². The summed E-state index contributed by atoms with van der Waals surface area (Å²) in [5.41, 5.74) is 5.48. The molecule has 8 nitrogen and oxygen atoms in total. The first-order valence-corrected chi connectivity index (χ1v) is 17.2. The summed E-state index contributed by atoms with van der Waals surface area (Å²) in [6.07, 6.45) is 8.18. The fourth-order valence-electron chi connectivity index (χ4n) is 5.18. The lowest BCUT2D eigenvalue weighted by Gasteiger charge is -2.30. The van der Waals surface area contributed by atoms with Crippen molar-refractivity contribution in [1.82, 2.24) is 4.72 Å². The Balaban J connectivity index is 0.000000239. The maximum atomic E-state index is 11.4. The second kappa shape index (κ2) is 17.0. The summed E-state index contributed by atoms with van der Waals surface area (Å²) in [7, 11) is -3.34. The molecule has 2 aliphatic heterocycles. The molecule has 2 aliphatic rings. The maximum Gasteiger partial charge on any atom is 0.239 e. The summed E-state index contributed by atoms with van der Waals surface area (Å²) >= 11 is 10.9. The molecule has 2 heterocycles. The van der Waals surface area contributed by atoms with Crippen molar-refractivity contribution in [2.45, 2.75) is 58.8 Å². The predicted octanol–water partition coefficient (Wildman–Crippen LogP) is 6.03. The molecule has 0 radical (unpaired) electrons. The van der Waals surface area contributed by atoms with Gasteiger partial charge in [0.05, 0.1) is 18.0 Å². The van der Waals surface area contributed by atoms with Crippen LogP contribution in [0, 0.1) is 13.8 Å². The van der Waals surface area contributed by atoms with E-state index in [0.717, 1.165) is 54.4 Å². The summed E-state index contributed by atoms with van der Waals surface area (Å²) in [4.78, 5) is 16.1. The number of nitrogens with one attached hydrogen (secondary N) is 2. The van der Waals surface area contributed by atoms with Gasteiger partial charge in [-0.15, -0.1) is 23.2 Å². The SMILES string of the molecule is Cc1cc(N2CCCCC2)cc(C)c1OCCCNS(=O)(=O)CCl.O=C(CCl)Nc1ccccc1N1CCCCC1. The van der Waals surface area contributed by atoms with Gasteiger partial charge < -0.3 is 19.9 Å². The zero-order valence-corrected chi connectivity index (χ0v) is 26.6. The third kappa shape index (κ3) is 10.9. The van der Waals surface area contributed by atoms with Crippen LogP contribution >= 0.6 is 23.2 Å². The zero-order chi connectivity index (χ0) is 29.7. The van der Waals surface area contributed by atoms with Crippen molar-refractivity contribution >= 4 is 56.2 Å². The van der Waals surface area contributed by atoms with Crippen molar-refractivity contribution in [3.8, 4) is 5.75 Å². The lowest BCUT2D eigenvalue weighted by molar-refractivity contribution is -0.113. The number of hydrogen-bond acceptors (Lipinski definition) is 6. The van der Waals surface area contributed by atoms with Crippen LogP contribution in [0.3, 0.4) is 0 Å². The molecule has 0 spiro atoms. The average Bonchev–Trinajstić information content (AvgIpc) is 2.99. The number of amides is 1. The topological polar surface area (TPSA) is 91.0 Å². The Morgan fingerprint density at radius 1 is 0.902 bits per heavy atom. The second-order valence-corrected chi connectivity index (χ2v) is 13.2. The van der Waals surface area contributed by atoms with Crippen molar-refractivity contribution in [2.75, 3.05) is 65.5 Å². The molecule has 2 N–H and O–H groups in total. The van der Waals surface area contributed by atoms with E-state index in [0.29, 0.717) is 19.6 Å². The fraction of sp³-hybridized carbons (Fsp3) is 0.567. The molecule has 1 amide bonds. The van der Waals surface area contributed by atoms with Gasteiger partial charge in [0.1, 0.15) is 16.8 Å². The van der Waals surface area contributed by atoms with Crippen molar-refractivity contribution in [2.24, 2.45) is 0 Å². The number of rotatable bonds is 11. The highest BCUT2D eigenvalue weighted by molar-refractivity contribution is 7.90. The molecule has 2 fully saturated rings. The third-order valence-corrected chi connectivity index (χ3v) is 9.23. The molecule has 228 valence electrons. The Bertz CT molecular complexity index is 1190. The first-order valence-electron chi connectivity index (χ1n) is 14.5. The number of halogens is 2. The van der Waals surface area contributed by atoms with Crippen molar-refractivity contribution in [3.63, 3.8) is 0 Å². The first kappa shape index (κ1) is 33.3. The summed E-state index contributed by atoms with van der Waals surface area (Å²) in [6, 6.07) is 12.3. The molecule has 2 aromatic carbocycles. The highest BCUT2D eigenvalue weighted by Gasteiger charge is 2.16. The number of carbonyl (C=O) groups excluding carboxylic acids is 1. The molecular weight excluding hydrogens is 583 g/mol. The first-order chi connectivity index (χ1) is 19.7. The Labute approximate surface area is 255 Å². The van der Waals surface area contributed by atoms with E-state index in [1.54, 1.807) is 0 Å². The number of alkyl halides is 2. The monoisotopic (exact) mass is 626 g/mol. The Morgan fingerprint density at radius 3 is 2.07 bits per heavy atom. The van der Waals surface area contributed by atoms with Gasteiger partial charge in [-0.2, -0.15) is 0 Å². The molecule has 11 heteroatoms. The molecule has 4 rings (SSSR count). The molecule has 0 aliphatic carbocycles. The van der Waals surface area contributed by atoms with Gasteiger partial charge in [-0.1, -0.05) is 12.1 Å². The van der Waals surface area contributed by atoms with E-state index < -0.39 is 15.2 Å². The van der Waals surface area contributed by atoms with E-state index in [4.69, 9.17) is 27.9 Å². The van der Waals surface area contributed by atoms with Gasteiger partial charge in [0, 0.05) is 38.4 Å². The number of piperidine rings is 2. The van der Waals surface area contributed by atoms with Gasteiger partial charge in [-0.25, -0.2) is 13.1 Å². The van der Waals surface area contributed by atoms with Gasteiger partial charge in [-0.05, 0) is 94.2 Å². The van der Waals surface area contributed by atoms with Crippen LogP contribution in [0.1, 0.15) is 56.1 Å². The van der Waals surface area contributed by atoms with E-state index in [1.165, 1.54) is 44.2 Å². The number of aryl methyl sites for hydroxylation is 2. The Morgan fingerprint density at radius 2 is 1.49 bits per heavy atom. The average molecular weight is 628 g/mol. The van der Waals surface area contributed by atoms with Gasteiger partial charge in [-0.3, -0.25) is 4.79 Å². The predicted molar refractivity (Wildman–Crippen MR) is 172 cm³/mol. The fourth-order valence-corrected chi connectivity index (χ4v) is 6.01. The van der Waals surface area contributed by atoms with Crippen LogP contribution in [-0.2, 0) is 14.8 Å². The summed E-state index contributed by atoms with van der Waals surface area (Å²) in [5, 5.41) is 2.43. The number of hydrogen-bond donors (Lipinski definition) is 2. The van der Waals surface area contributed by atoms with Crippen LogP contribution in [0.4, 0.5) is 17.1 Å². The van der Waals surface area contributed by atoms with E-state index in [9.17, 15) is 13.2 Å². The Kier molecular flexibility index (Phi) is 13.8. The molecule has 2 saturated heterocycles. The number of anilines is 3. The second-order valence-electron chi connectivity index (χ2n) is 10.5. The van der Waals surface area contributed by atoms with E-state index >= 15 is 0 Å². The number of ether oxygens (including phenoxy) is 1. The molecular formula is C30H44Cl2N4O4S. The summed E-state index contributed by atoms with van der Waals surface area (Å²) in [6.45, 7) is 9.30. The van der Waals surface area contributed by atoms with Crippen LogP contribution in [0.5, 0.6) is 5.75 Å². The van der Waals surface area contributed by atoms with E-state index in [1.807, 2.05) is 18.2 Å². The van der Waals surface area contributed by atoms with Crippen LogP contribution in [-0.4, -0.2) is 64.7 Å². The molecule has 0 bridgehead atoms. The number of para-hydroxylation sites is 2. The van der Waals surface area contributed by atoms with Crippen LogP contribution < -0.4 is 24.6 Å². The molecule has 0 atom stereocenters. The van der Waals surface area contributed by atoms with E-state index in [-0.39, 0.29) is 11.8 Å². The largest absolute Gasteiger partial charge is 0.493 e. The number of benzene rings is 2. The maximum absolute atomic E-state index is 11.4. The van der Waals surface area contributed by atoms with E-state index in [2.05, 4.69) is 51.9 Å². The summed E-state index contributed by atoms with van der Waals surface area (Å²) in [5.74, 6) is 0.737. The van der Waals surface area contributed by atoms with Crippen LogP contribution in [0.15, 0.2) is 36.4 Å². The molecule has 2 aromatic rings. The highest BCUT2D eigenvalue weighted by atomic mass is 35.5. The minimum atomic E-state index is -3.34. The number of carbonyl (C=O) groups is 1. The normalized spacial score (nSPS) is 15.6. The van der Waals surface area contributed by atoms with Crippen molar-refractivity contribution < 1.29 is 17.9 Å². The third-order valence-electron chi connectivity index (χ3n) is 7.20. The van der Waals surface area contributed by atoms with Crippen molar-refractivity contribution in [1.29, 1.82) is 0 Å². The van der Waals surface area contributed by atoms with Crippen molar-refractivity contribution in [3.05, 3.63) is 47.5 Å². The standard InChI is InChI=1S/C17H27ClN2O3S.C13H17ClN2O/c1-14-11-16(20-8-4-3-5-9-20)12-15(2)17(14)23-10-6-7-19-24(21,22)13-18;14-10-13(17)15-11-6-2-3-7-12(11)16-8-4-1-5-9-16/h11-12,19H,3-10,13H2,1-2H3;2-3,6-7H,1,4-5,8-10H2,(H,15,17). The van der Waals surface area contributed by atoms with Gasteiger partial charge in [0.2, 0.25) is 15.9 Å². The van der Waals surface area contributed by atoms with Gasteiger partial charge in [0.15, 0.2) is 0 Å². The zero-order valence-electron chi connectivity index (χ0n) is 24.3. The lowest BCUT2D eigenvalue weighted by atomic mass is 10.1. The van der Waals surface area contributed by atoms with Gasteiger partial charge in [0.25, 0.3) is 0 Å². The number of nitrogens with zero attached hydrogens (tertiary/aromatic N) is 2.